The van der Waals surface area contributed by atoms with Crippen molar-refractivity contribution in [1.82, 2.24) is 9.66 Å². The average Bonchev–Trinajstić information content (AvgIpc) is 3.52. The number of para-hydroxylation sites is 1. The minimum Gasteiger partial charge on any atom is -0.494 e. The fraction of sp³-hybridized carbons (Fsp3) is 0.250. The zero-order chi connectivity index (χ0) is 32.4. The number of ether oxygens (including phenoxy) is 5. The van der Waals surface area contributed by atoms with E-state index in [1.54, 1.807) is 25.5 Å². The lowest BCUT2D eigenvalue weighted by Gasteiger charge is -2.18. The van der Waals surface area contributed by atoms with Crippen LogP contribution in [0.4, 0.5) is 0 Å². The van der Waals surface area contributed by atoms with E-state index in [4.69, 9.17) is 33.8 Å². The Morgan fingerprint density at radius 3 is 2.61 bits per heavy atom. The predicted molar refractivity (Wildman–Crippen MR) is 182 cm³/mol. The van der Waals surface area contributed by atoms with E-state index in [2.05, 4.69) is 35.8 Å². The van der Waals surface area contributed by atoms with Crippen LogP contribution in [-0.2, 0) is 6.61 Å². The molecule has 0 saturated heterocycles. The predicted octanol–water partition coefficient (Wildman–Crippen LogP) is 7.86. The highest BCUT2D eigenvalue weighted by Crippen LogP contribution is 2.38. The molecular formula is C36H34BrN3O6. The highest BCUT2D eigenvalue weighted by atomic mass is 79.9. The number of fused-ring (bicyclic) bond motifs is 2. The van der Waals surface area contributed by atoms with Crippen molar-refractivity contribution in [2.75, 3.05) is 20.5 Å². The lowest BCUT2D eigenvalue weighted by Crippen LogP contribution is -2.21. The summed E-state index contributed by atoms with van der Waals surface area (Å²) in [5, 5.41) is 5.17. The van der Waals surface area contributed by atoms with E-state index in [0.717, 1.165) is 28.0 Å². The fourth-order valence-electron chi connectivity index (χ4n) is 5.34. The summed E-state index contributed by atoms with van der Waals surface area (Å²) in [7, 11) is 1.58. The van der Waals surface area contributed by atoms with Crippen LogP contribution in [0.5, 0.6) is 28.7 Å². The van der Waals surface area contributed by atoms with Crippen LogP contribution in [0.3, 0.4) is 0 Å². The summed E-state index contributed by atoms with van der Waals surface area (Å²) in [4.78, 5) is 18.8. The summed E-state index contributed by atoms with van der Waals surface area (Å²) in [6.07, 6.45) is 1.61. The van der Waals surface area contributed by atoms with E-state index in [0.29, 0.717) is 63.0 Å². The second kappa shape index (κ2) is 13.3. The molecular weight excluding hydrogens is 650 g/mol. The van der Waals surface area contributed by atoms with Gasteiger partial charge in [-0.1, -0.05) is 32.0 Å². The number of rotatable bonds is 10. The molecule has 0 N–H and O–H groups in total. The maximum atomic E-state index is 13.9. The first-order valence-corrected chi connectivity index (χ1v) is 15.8. The van der Waals surface area contributed by atoms with Gasteiger partial charge in [-0.05, 0) is 106 Å². The normalized spacial score (nSPS) is 12.3. The van der Waals surface area contributed by atoms with Gasteiger partial charge < -0.3 is 23.7 Å². The molecule has 0 aliphatic carbocycles. The smallest absolute Gasteiger partial charge is 0.282 e. The van der Waals surface area contributed by atoms with Crippen LogP contribution >= 0.6 is 15.9 Å². The lowest BCUT2D eigenvalue weighted by molar-refractivity contribution is 0.174. The molecule has 10 heteroatoms. The molecule has 0 bridgehead atoms. The number of hydrogen-bond donors (Lipinski definition) is 0. The molecule has 46 heavy (non-hydrogen) atoms. The zero-order valence-electron chi connectivity index (χ0n) is 26.3. The fourth-order valence-corrected chi connectivity index (χ4v) is 5.92. The van der Waals surface area contributed by atoms with Gasteiger partial charge in [0.15, 0.2) is 28.8 Å². The van der Waals surface area contributed by atoms with E-state index in [1.807, 2.05) is 62.4 Å². The van der Waals surface area contributed by atoms with Crippen LogP contribution in [0.2, 0.25) is 0 Å². The lowest BCUT2D eigenvalue weighted by atomic mass is 9.96. The van der Waals surface area contributed by atoms with Gasteiger partial charge in [-0.3, -0.25) is 4.79 Å². The minimum absolute atomic E-state index is 0.195. The third-order valence-corrected chi connectivity index (χ3v) is 8.26. The Hall–Kier alpha value is -4.83. The number of aryl methyl sites for hydroxylation is 1. The summed E-state index contributed by atoms with van der Waals surface area (Å²) in [5.41, 5.74) is 4.70. The Balaban J connectivity index is 1.38. The molecule has 6 rings (SSSR count). The highest BCUT2D eigenvalue weighted by Gasteiger charge is 2.19. The number of halogens is 1. The van der Waals surface area contributed by atoms with Crippen LogP contribution in [0.25, 0.3) is 22.3 Å². The number of aromatic nitrogens is 2. The van der Waals surface area contributed by atoms with Crippen molar-refractivity contribution in [1.29, 1.82) is 0 Å². The van der Waals surface area contributed by atoms with Gasteiger partial charge in [0.1, 0.15) is 12.4 Å². The average molecular weight is 685 g/mol. The third kappa shape index (κ3) is 6.17. The Morgan fingerprint density at radius 2 is 1.83 bits per heavy atom. The van der Waals surface area contributed by atoms with Gasteiger partial charge in [-0.25, -0.2) is 4.98 Å². The summed E-state index contributed by atoms with van der Waals surface area (Å²) >= 11 is 3.63. The summed E-state index contributed by atoms with van der Waals surface area (Å²) in [6, 6.07) is 20.7. The highest BCUT2D eigenvalue weighted by molar-refractivity contribution is 9.10. The molecule has 236 valence electrons. The minimum atomic E-state index is -0.272. The van der Waals surface area contributed by atoms with Crippen molar-refractivity contribution < 1.29 is 23.7 Å². The monoisotopic (exact) mass is 683 g/mol. The number of nitrogens with zero attached hydrogens (tertiary/aromatic N) is 3. The standard InChI is InChI=1S/C36H34BrN3O6/c1-6-43-31-13-22(4)27(17-26(31)21(2)3)35-39-29-10-8-7-9-25(29)36(41)40(35)38-18-24-14-28(37)34(33(16-24)42-5)44-19-23-11-12-30-32(15-23)46-20-45-30/h7-18,21H,6,19-20H2,1-5H3. The second-order valence-electron chi connectivity index (χ2n) is 11.1. The molecule has 5 aromatic rings. The molecule has 0 fully saturated rings. The second-order valence-corrected chi connectivity index (χ2v) is 12.0. The Bertz CT molecular complexity index is 2020. The van der Waals surface area contributed by atoms with Crippen LogP contribution in [0.15, 0.2) is 81.1 Å². The zero-order valence-corrected chi connectivity index (χ0v) is 27.9. The van der Waals surface area contributed by atoms with Crippen LogP contribution in [0.1, 0.15) is 48.9 Å². The summed E-state index contributed by atoms with van der Waals surface area (Å²) in [5.74, 6) is 3.91. The Labute approximate surface area is 275 Å². The van der Waals surface area contributed by atoms with Crippen molar-refractivity contribution in [2.45, 2.75) is 40.2 Å². The molecule has 0 spiro atoms. The molecule has 2 heterocycles. The molecule has 0 radical (unpaired) electrons. The molecule has 0 amide bonds. The maximum absolute atomic E-state index is 13.9. The van der Waals surface area contributed by atoms with Gasteiger partial charge in [0.25, 0.3) is 5.56 Å². The Kier molecular flexibility index (Phi) is 8.99. The van der Waals surface area contributed by atoms with Crippen LogP contribution < -0.4 is 29.2 Å². The Morgan fingerprint density at radius 1 is 1.02 bits per heavy atom. The molecule has 1 aromatic heterocycles. The van der Waals surface area contributed by atoms with Gasteiger partial charge in [0.2, 0.25) is 6.79 Å². The number of methoxy groups -OCH3 is 1. The SMILES string of the molecule is CCOc1cc(C)c(-c2nc3ccccc3c(=O)n2N=Cc2cc(Br)c(OCc3ccc4c(c3)OCO4)c(OC)c2)cc1C(C)C. The molecule has 9 nitrogen and oxygen atoms in total. The molecule has 1 aliphatic heterocycles. The van der Waals surface area contributed by atoms with E-state index >= 15 is 0 Å². The summed E-state index contributed by atoms with van der Waals surface area (Å²) < 4.78 is 30.7. The van der Waals surface area contributed by atoms with Gasteiger partial charge in [-0.2, -0.15) is 9.78 Å². The molecule has 0 saturated carbocycles. The van der Waals surface area contributed by atoms with Crippen LogP contribution in [0, 0.1) is 6.92 Å². The van der Waals surface area contributed by atoms with E-state index in [9.17, 15) is 4.79 Å². The van der Waals surface area contributed by atoms with E-state index in [1.165, 1.54) is 4.68 Å². The topological polar surface area (TPSA) is 93.4 Å². The molecule has 0 unspecified atom stereocenters. The van der Waals surface area contributed by atoms with Crippen molar-refractivity contribution in [2.24, 2.45) is 5.10 Å². The molecule has 4 aromatic carbocycles. The number of benzene rings is 4. The van der Waals surface area contributed by atoms with Crippen molar-refractivity contribution in [3.63, 3.8) is 0 Å². The summed E-state index contributed by atoms with van der Waals surface area (Å²) in [6.45, 7) is 9.25. The first kappa shape index (κ1) is 31.2. The maximum Gasteiger partial charge on any atom is 0.282 e. The third-order valence-electron chi connectivity index (χ3n) is 7.67. The number of hydrogen-bond acceptors (Lipinski definition) is 8. The molecule has 0 atom stereocenters. The van der Waals surface area contributed by atoms with Crippen LogP contribution in [-0.4, -0.2) is 36.4 Å². The van der Waals surface area contributed by atoms with Gasteiger partial charge in [0.05, 0.1) is 35.3 Å². The van der Waals surface area contributed by atoms with Gasteiger partial charge in [-0.15, -0.1) is 0 Å². The molecule has 1 aliphatic rings. The van der Waals surface area contributed by atoms with Gasteiger partial charge >= 0.3 is 0 Å². The first-order chi connectivity index (χ1) is 22.3. The largest absolute Gasteiger partial charge is 0.494 e. The van der Waals surface area contributed by atoms with Crippen molar-refractivity contribution >= 4 is 33.0 Å². The van der Waals surface area contributed by atoms with Crippen molar-refractivity contribution in [3.8, 4) is 40.1 Å². The van der Waals surface area contributed by atoms with Gasteiger partial charge in [0, 0.05) is 5.56 Å². The quantitative estimate of drug-likeness (QED) is 0.138. The first-order valence-electron chi connectivity index (χ1n) is 15.0. The van der Waals surface area contributed by atoms with E-state index in [-0.39, 0.29) is 18.3 Å². The van der Waals surface area contributed by atoms with E-state index < -0.39 is 0 Å². The van der Waals surface area contributed by atoms with Crippen molar-refractivity contribution in [3.05, 3.63) is 104 Å².